The summed E-state index contributed by atoms with van der Waals surface area (Å²) in [6.45, 7) is 15.1. The first-order valence-electron chi connectivity index (χ1n) is 10.9. The molecule has 0 bridgehead atoms. The van der Waals surface area contributed by atoms with E-state index in [1.807, 2.05) is 0 Å². The van der Waals surface area contributed by atoms with Crippen LogP contribution in [-0.4, -0.2) is 24.6 Å². The molecule has 5 atom stereocenters. The summed E-state index contributed by atoms with van der Waals surface area (Å²) in [5, 5.41) is 0. The zero-order chi connectivity index (χ0) is 21.1. The zero-order valence-electron chi connectivity index (χ0n) is 19.0. The minimum atomic E-state index is -0.199. The summed E-state index contributed by atoms with van der Waals surface area (Å²) >= 11 is 0. The highest BCUT2D eigenvalue weighted by atomic mass is 16.5. The Kier molecular flexibility index (Phi) is 7.38. The summed E-state index contributed by atoms with van der Waals surface area (Å²) in [4.78, 5) is 22.6. The van der Waals surface area contributed by atoms with Crippen LogP contribution in [-0.2, 0) is 19.1 Å². The molecule has 0 amide bonds. The van der Waals surface area contributed by atoms with Crippen LogP contribution >= 0.6 is 0 Å². The van der Waals surface area contributed by atoms with Gasteiger partial charge >= 0.3 is 11.9 Å². The van der Waals surface area contributed by atoms with E-state index in [1.165, 1.54) is 19.4 Å². The molecule has 2 rings (SSSR count). The van der Waals surface area contributed by atoms with Gasteiger partial charge in [-0.2, -0.15) is 0 Å². The molecule has 2 aliphatic rings. The van der Waals surface area contributed by atoms with E-state index in [0.717, 1.165) is 38.5 Å². The van der Waals surface area contributed by atoms with Crippen LogP contribution in [0.15, 0.2) is 11.6 Å². The van der Waals surface area contributed by atoms with Crippen LogP contribution in [0, 0.1) is 28.6 Å². The predicted molar refractivity (Wildman–Crippen MR) is 112 cm³/mol. The highest BCUT2D eigenvalue weighted by Crippen LogP contribution is 2.61. The summed E-state index contributed by atoms with van der Waals surface area (Å²) in [6.07, 6.45) is 8.68. The molecule has 2 aliphatic carbocycles. The van der Waals surface area contributed by atoms with Crippen LogP contribution in [0.4, 0.5) is 0 Å². The van der Waals surface area contributed by atoms with E-state index in [0.29, 0.717) is 24.4 Å². The van der Waals surface area contributed by atoms with Crippen molar-refractivity contribution in [3.63, 3.8) is 0 Å². The lowest BCUT2D eigenvalue weighted by atomic mass is 9.47. The quantitative estimate of drug-likeness (QED) is 0.412. The molecular weight excluding hydrogens is 352 g/mol. The number of ether oxygens (including phenoxy) is 2. The first-order valence-corrected chi connectivity index (χ1v) is 10.9. The monoisotopic (exact) mass is 392 g/mol. The fourth-order valence-corrected chi connectivity index (χ4v) is 6.14. The normalized spacial score (nSPS) is 32.7. The second-order valence-electron chi connectivity index (χ2n) is 10.2. The fraction of sp³-hybridized carbons (Fsp3) is 0.833. The third kappa shape index (κ3) is 5.39. The van der Waals surface area contributed by atoms with E-state index in [9.17, 15) is 9.59 Å². The average molecular weight is 393 g/mol. The summed E-state index contributed by atoms with van der Waals surface area (Å²) in [7, 11) is 0. The van der Waals surface area contributed by atoms with Gasteiger partial charge in [0.25, 0.3) is 0 Å². The van der Waals surface area contributed by atoms with Crippen LogP contribution in [0.5, 0.6) is 0 Å². The van der Waals surface area contributed by atoms with E-state index in [1.54, 1.807) is 0 Å². The Balaban J connectivity index is 2.11. The van der Waals surface area contributed by atoms with Gasteiger partial charge in [-0.3, -0.25) is 9.59 Å². The van der Waals surface area contributed by atoms with Crippen molar-refractivity contribution in [3.8, 4) is 0 Å². The van der Waals surface area contributed by atoms with Crippen molar-refractivity contribution < 1.29 is 19.1 Å². The van der Waals surface area contributed by atoms with Crippen molar-refractivity contribution >= 4 is 11.9 Å². The van der Waals surface area contributed by atoms with Crippen LogP contribution in [0.1, 0.15) is 87.0 Å². The molecule has 0 saturated heterocycles. The smallest absolute Gasteiger partial charge is 0.302 e. The standard InChI is InChI=1S/C24H40O4/c1-16(12-13-27-18(3)25)8-10-21-17(2)9-11-22-23(5,6)14-20(28-19(4)26)15-24(21,22)7/h9,16,20-22H,8,10-15H2,1-7H3. The number of allylic oxidation sites excluding steroid dienone is 2. The molecular formula is C24H40O4. The lowest BCUT2D eigenvalue weighted by molar-refractivity contribution is -0.161. The Morgan fingerprint density at radius 2 is 1.82 bits per heavy atom. The van der Waals surface area contributed by atoms with Gasteiger partial charge in [-0.25, -0.2) is 0 Å². The van der Waals surface area contributed by atoms with Crippen molar-refractivity contribution in [2.75, 3.05) is 6.61 Å². The van der Waals surface area contributed by atoms with Crippen LogP contribution < -0.4 is 0 Å². The summed E-state index contributed by atoms with van der Waals surface area (Å²) in [6, 6.07) is 0. The number of carbonyl (C=O) groups is 2. The maximum absolute atomic E-state index is 11.6. The van der Waals surface area contributed by atoms with E-state index in [-0.39, 0.29) is 28.9 Å². The number of rotatable bonds is 7. The number of carbonyl (C=O) groups excluding carboxylic acids is 2. The molecule has 28 heavy (non-hydrogen) atoms. The minimum Gasteiger partial charge on any atom is -0.466 e. The lowest BCUT2D eigenvalue weighted by Gasteiger charge is -2.58. The Bertz CT molecular complexity index is 606. The predicted octanol–water partition coefficient (Wildman–Crippen LogP) is 5.70. The van der Waals surface area contributed by atoms with Gasteiger partial charge in [-0.1, -0.05) is 39.3 Å². The topological polar surface area (TPSA) is 52.6 Å². The van der Waals surface area contributed by atoms with Gasteiger partial charge in [-0.05, 0) is 74.0 Å². The highest BCUT2D eigenvalue weighted by molar-refractivity contribution is 5.66. The number of hydrogen-bond acceptors (Lipinski definition) is 4. The molecule has 0 aromatic rings. The second-order valence-corrected chi connectivity index (χ2v) is 10.2. The van der Waals surface area contributed by atoms with Crippen molar-refractivity contribution in [1.29, 1.82) is 0 Å². The maximum atomic E-state index is 11.6. The SMILES string of the molecule is CC(=O)OCCC(C)CCC1C(C)=CCC2C(C)(C)CC(OC(C)=O)CC12C. The van der Waals surface area contributed by atoms with E-state index in [2.05, 4.69) is 40.7 Å². The van der Waals surface area contributed by atoms with Crippen LogP contribution in [0.25, 0.3) is 0 Å². The molecule has 4 nitrogen and oxygen atoms in total. The van der Waals surface area contributed by atoms with E-state index >= 15 is 0 Å². The number of fused-ring (bicyclic) bond motifs is 1. The molecule has 0 aromatic carbocycles. The summed E-state index contributed by atoms with van der Waals surface area (Å²) < 4.78 is 10.8. The molecule has 0 aromatic heterocycles. The Morgan fingerprint density at radius 1 is 1.14 bits per heavy atom. The Hall–Kier alpha value is -1.32. The van der Waals surface area contributed by atoms with Crippen molar-refractivity contribution in [3.05, 3.63) is 11.6 Å². The minimum absolute atomic E-state index is 0.0172. The van der Waals surface area contributed by atoms with Gasteiger partial charge in [0.05, 0.1) is 6.61 Å². The molecule has 1 fully saturated rings. The molecule has 0 aliphatic heterocycles. The maximum Gasteiger partial charge on any atom is 0.302 e. The van der Waals surface area contributed by atoms with Crippen LogP contribution in [0.2, 0.25) is 0 Å². The van der Waals surface area contributed by atoms with Gasteiger partial charge in [-0.15, -0.1) is 0 Å². The third-order valence-corrected chi connectivity index (χ3v) is 7.38. The lowest BCUT2D eigenvalue weighted by Crippen LogP contribution is -2.53. The largest absolute Gasteiger partial charge is 0.466 e. The Morgan fingerprint density at radius 3 is 2.43 bits per heavy atom. The molecule has 0 heterocycles. The first-order chi connectivity index (χ1) is 13.0. The molecule has 0 spiro atoms. The molecule has 160 valence electrons. The van der Waals surface area contributed by atoms with Crippen molar-refractivity contribution in [2.24, 2.45) is 28.6 Å². The first kappa shape index (κ1) is 23.0. The molecule has 1 saturated carbocycles. The van der Waals surface area contributed by atoms with Gasteiger partial charge in [0, 0.05) is 13.8 Å². The third-order valence-electron chi connectivity index (χ3n) is 7.38. The Labute approximate surface area is 171 Å². The van der Waals surface area contributed by atoms with Gasteiger partial charge in [0.2, 0.25) is 0 Å². The van der Waals surface area contributed by atoms with E-state index < -0.39 is 0 Å². The van der Waals surface area contributed by atoms with Gasteiger partial charge in [0.15, 0.2) is 0 Å². The summed E-state index contributed by atoms with van der Waals surface area (Å²) in [5.41, 5.74) is 1.80. The van der Waals surface area contributed by atoms with E-state index in [4.69, 9.17) is 9.47 Å². The van der Waals surface area contributed by atoms with Gasteiger partial charge in [0.1, 0.15) is 6.10 Å². The fourth-order valence-electron chi connectivity index (χ4n) is 6.14. The van der Waals surface area contributed by atoms with Gasteiger partial charge < -0.3 is 9.47 Å². The zero-order valence-corrected chi connectivity index (χ0v) is 19.0. The summed E-state index contributed by atoms with van der Waals surface area (Å²) in [5.74, 6) is 1.28. The van der Waals surface area contributed by atoms with Crippen molar-refractivity contribution in [2.45, 2.75) is 93.1 Å². The molecule has 4 heteroatoms. The van der Waals surface area contributed by atoms with Crippen molar-refractivity contribution in [1.82, 2.24) is 0 Å². The molecule has 0 N–H and O–H groups in total. The highest BCUT2D eigenvalue weighted by Gasteiger charge is 2.54. The number of esters is 2. The number of hydrogen-bond donors (Lipinski definition) is 0. The second kappa shape index (κ2) is 9.00. The average Bonchev–Trinajstić information content (AvgIpc) is 2.51. The molecule has 0 radical (unpaired) electrons. The molecule has 5 unspecified atom stereocenters. The van der Waals surface area contributed by atoms with Crippen LogP contribution in [0.3, 0.4) is 0 Å².